The zero-order chi connectivity index (χ0) is 12.4. The number of hydrogen-bond donors (Lipinski definition) is 1. The van der Waals surface area contributed by atoms with Gasteiger partial charge in [0.15, 0.2) is 0 Å². The summed E-state index contributed by atoms with van der Waals surface area (Å²) in [7, 11) is 1.77. The molecule has 2 heterocycles. The summed E-state index contributed by atoms with van der Waals surface area (Å²) < 4.78 is 4.13. The Hall–Kier alpha value is -1.21. The van der Waals surface area contributed by atoms with E-state index in [1.807, 2.05) is 0 Å². The topological polar surface area (TPSA) is 68.8 Å². The Balaban J connectivity index is 2.35. The van der Waals surface area contributed by atoms with Crippen molar-refractivity contribution in [1.82, 2.24) is 24.8 Å². The highest BCUT2D eigenvalue weighted by Crippen LogP contribution is 2.27. The van der Waals surface area contributed by atoms with Crippen LogP contribution in [0.15, 0.2) is 16.9 Å². The molecule has 0 saturated carbocycles. The molecule has 1 unspecified atom stereocenters. The average molecular weight is 300 g/mol. The van der Waals surface area contributed by atoms with E-state index in [1.165, 1.54) is 0 Å². The predicted octanol–water partition coefficient (Wildman–Crippen LogP) is 1.27. The molecule has 0 spiro atoms. The Kier molecular flexibility index (Phi) is 3.58. The van der Waals surface area contributed by atoms with Crippen LogP contribution in [0.3, 0.4) is 0 Å². The molecule has 6 nitrogen and oxygen atoms in total. The predicted molar refractivity (Wildman–Crippen MR) is 65.3 cm³/mol. The van der Waals surface area contributed by atoms with E-state index < -0.39 is 6.10 Å². The number of aliphatic hydroxyl groups excluding tert-OH is 1. The first-order chi connectivity index (χ1) is 8.13. The molecule has 2 aromatic rings. The zero-order valence-electron chi connectivity index (χ0n) is 9.71. The van der Waals surface area contributed by atoms with Crippen LogP contribution in [0, 0.1) is 0 Å². The number of nitrogens with zero attached hydrogens (tertiary/aromatic N) is 5. The number of halogens is 1. The van der Waals surface area contributed by atoms with E-state index in [9.17, 15) is 5.11 Å². The van der Waals surface area contributed by atoms with Crippen LogP contribution in [0.1, 0.15) is 30.8 Å². The first-order valence-corrected chi connectivity index (χ1v) is 6.18. The molecule has 0 aliphatic rings. The lowest BCUT2D eigenvalue weighted by molar-refractivity contribution is 0.201. The van der Waals surface area contributed by atoms with Crippen molar-refractivity contribution < 1.29 is 5.11 Å². The van der Waals surface area contributed by atoms with E-state index in [2.05, 4.69) is 38.3 Å². The molecule has 7 heteroatoms. The number of aryl methyl sites for hydroxylation is 2. The maximum absolute atomic E-state index is 10.3. The van der Waals surface area contributed by atoms with Crippen LogP contribution in [-0.4, -0.2) is 29.9 Å². The van der Waals surface area contributed by atoms with E-state index in [0.717, 1.165) is 17.4 Å². The van der Waals surface area contributed by atoms with Crippen LogP contribution < -0.4 is 0 Å². The van der Waals surface area contributed by atoms with Crippen molar-refractivity contribution in [3.63, 3.8) is 0 Å². The summed E-state index contributed by atoms with van der Waals surface area (Å²) in [6.07, 6.45) is 3.52. The molecule has 2 aromatic heterocycles. The highest BCUT2D eigenvalue weighted by atomic mass is 79.9. The van der Waals surface area contributed by atoms with Crippen molar-refractivity contribution >= 4 is 15.9 Å². The van der Waals surface area contributed by atoms with Crippen LogP contribution in [-0.2, 0) is 13.6 Å². The Morgan fingerprint density at radius 2 is 2.29 bits per heavy atom. The van der Waals surface area contributed by atoms with Crippen molar-refractivity contribution in [3.05, 3.63) is 28.3 Å². The van der Waals surface area contributed by atoms with Gasteiger partial charge in [-0.15, -0.1) is 5.10 Å². The van der Waals surface area contributed by atoms with Gasteiger partial charge in [-0.25, -0.2) is 0 Å². The summed E-state index contributed by atoms with van der Waals surface area (Å²) in [6, 6.07) is 0. The molecule has 0 radical (unpaired) electrons. The smallest absolute Gasteiger partial charge is 0.142 e. The summed E-state index contributed by atoms with van der Waals surface area (Å²) in [5.41, 5.74) is 1.23. The Labute approximate surface area is 107 Å². The molecule has 17 heavy (non-hydrogen) atoms. The lowest BCUT2D eigenvalue weighted by Crippen LogP contribution is -2.11. The monoisotopic (exact) mass is 299 g/mol. The number of hydrogen-bond acceptors (Lipinski definition) is 4. The minimum atomic E-state index is -0.813. The molecule has 0 amide bonds. The van der Waals surface area contributed by atoms with Gasteiger partial charge in [-0.2, -0.15) is 5.10 Å². The molecule has 0 aliphatic heterocycles. The molecule has 1 atom stereocenters. The Bertz CT molecular complexity index is 507. The van der Waals surface area contributed by atoms with Crippen LogP contribution in [0.5, 0.6) is 0 Å². The summed E-state index contributed by atoms with van der Waals surface area (Å²) in [6.45, 7) is 2.83. The van der Waals surface area contributed by atoms with Crippen LogP contribution in [0.25, 0.3) is 0 Å². The SMILES string of the molecule is CCCn1ncc(Br)c1C(O)c1cn(C)nn1. The number of rotatable bonds is 4. The lowest BCUT2D eigenvalue weighted by atomic mass is 10.2. The minimum Gasteiger partial charge on any atom is -0.380 e. The molecule has 0 saturated heterocycles. The second-order valence-electron chi connectivity index (χ2n) is 3.82. The zero-order valence-corrected chi connectivity index (χ0v) is 11.3. The van der Waals surface area contributed by atoms with Crippen molar-refractivity contribution in [2.24, 2.45) is 7.05 Å². The molecule has 1 N–H and O–H groups in total. The molecular weight excluding hydrogens is 286 g/mol. The van der Waals surface area contributed by atoms with Gasteiger partial charge in [-0.3, -0.25) is 9.36 Å². The van der Waals surface area contributed by atoms with Gasteiger partial charge in [0.1, 0.15) is 11.8 Å². The van der Waals surface area contributed by atoms with E-state index in [1.54, 1.807) is 28.8 Å². The van der Waals surface area contributed by atoms with Gasteiger partial charge in [0.05, 0.1) is 22.6 Å². The fourth-order valence-electron chi connectivity index (χ4n) is 1.66. The first kappa shape index (κ1) is 12.3. The third-order valence-electron chi connectivity index (χ3n) is 2.43. The number of aliphatic hydroxyl groups is 1. The maximum atomic E-state index is 10.3. The summed E-state index contributed by atoms with van der Waals surface area (Å²) in [4.78, 5) is 0. The quantitative estimate of drug-likeness (QED) is 0.923. The highest BCUT2D eigenvalue weighted by Gasteiger charge is 2.21. The van der Waals surface area contributed by atoms with Crippen molar-refractivity contribution in [2.45, 2.75) is 26.0 Å². The summed E-state index contributed by atoms with van der Waals surface area (Å²) >= 11 is 3.39. The molecule has 0 fully saturated rings. The largest absolute Gasteiger partial charge is 0.380 e. The molecular formula is C10H14BrN5O. The summed E-state index contributed by atoms with van der Waals surface area (Å²) in [5, 5.41) is 22.2. The Morgan fingerprint density at radius 3 is 2.88 bits per heavy atom. The first-order valence-electron chi connectivity index (χ1n) is 5.39. The highest BCUT2D eigenvalue weighted by molar-refractivity contribution is 9.10. The molecule has 0 aromatic carbocycles. The molecule has 2 rings (SSSR count). The van der Waals surface area contributed by atoms with Crippen LogP contribution in [0.2, 0.25) is 0 Å². The van der Waals surface area contributed by atoms with Gasteiger partial charge >= 0.3 is 0 Å². The number of aromatic nitrogens is 5. The minimum absolute atomic E-state index is 0.519. The van der Waals surface area contributed by atoms with Gasteiger partial charge in [0, 0.05) is 13.6 Å². The van der Waals surface area contributed by atoms with Gasteiger partial charge < -0.3 is 5.11 Å². The van der Waals surface area contributed by atoms with Gasteiger partial charge in [0.25, 0.3) is 0 Å². The van der Waals surface area contributed by atoms with Crippen LogP contribution >= 0.6 is 15.9 Å². The normalized spacial score (nSPS) is 12.9. The second kappa shape index (κ2) is 4.97. The summed E-state index contributed by atoms with van der Waals surface area (Å²) in [5.74, 6) is 0. The third kappa shape index (κ3) is 2.39. The van der Waals surface area contributed by atoms with Crippen molar-refractivity contribution in [1.29, 1.82) is 0 Å². The van der Waals surface area contributed by atoms with E-state index in [4.69, 9.17) is 0 Å². The fraction of sp³-hybridized carbons (Fsp3) is 0.500. The second-order valence-corrected chi connectivity index (χ2v) is 4.67. The Morgan fingerprint density at radius 1 is 1.53 bits per heavy atom. The molecule has 92 valence electrons. The van der Waals surface area contributed by atoms with Gasteiger partial charge in [0.2, 0.25) is 0 Å². The van der Waals surface area contributed by atoms with Crippen LogP contribution in [0.4, 0.5) is 0 Å². The van der Waals surface area contributed by atoms with Gasteiger partial charge in [-0.05, 0) is 22.4 Å². The fourth-order valence-corrected chi connectivity index (χ4v) is 2.18. The maximum Gasteiger partial charge on any atom is 0.142 e. The van der Waals surface area contributed by atoms with Crippen molar-refractivity contribution in [2.75, 3.05) is 0 Å². The standard InChI is InChI=1S/C10H14BrN5O/c1-3-4-16-9(7(11)5-12-16)10(17)8-6-15(2)14-13-8/h5-6,10,17H,3-4H2,1-2H3. The average Bonchev–Trinajstić information content (AvgIpc) is 2.86. The lowest BCUT2D eigenvalue weighted by Gasteiger charge is -2.11. The van der Waals surface area contributed by atoms with E-state index >= 15 is 0 Å². The van der Waals surface area contributed by atoms with Gasteiger partial charge in [-0.1, -0.05) is 12.1 Å². The third-order valence-corrected chi connectivity index (χ3v) is 3.04. The van der Waals surface area contributed by atoms with Crippen molar-refractivity contribution in [3.8, 4) is 0 Å². The van der Waals surface area contributed by atoms with E-state index in [-0.39, 0.29) is 0 Å². The molecule has 0 aliphatic carbocycles. The van der Waals surface area contributed by atoms with E-state index in [0.29, 0.717) is 11.4 Å². The molecule has 0 bridgehead atoms.